The van der Waals surface area contributed by atoms with Gasteiger partial charge in [0.25, 0.3) is 0 Å². The molecule has 2 unspecified atom stereocenters. The molecule has 5 heteroatoms. The van der Waals surface area contributed by atoms with Gasteiger partial charge in [-0.25, -0.2) is 4.98 Å². The fourth-order valence-electron chi connectivity index (χ4n) is 0.861. The van der Waals surface area contributed by atoms with Gasteiger partial charge in [0.05, 0.1) is 11.5 Å². The molecule has 0 spiro atoms. The lowest BCUT2D eigenvalue weighted by Gasteiger charge is -2.27. The Hall–Kier alpha value is -0.520. The molecule has 12 heavy (non-hydrogen) atoms. The first-order valence-corrected chi connectivity index (χ1v) is 4.54. The molecule has 0 amide bonds. The second-order valence-electron chi connectivity index (χ2n) is 3.04. The van der Waals surface area contributed by atoms with Gasteiger partial charge in [0.15, 0.2) is 0 Å². The summed E-state index contributed by atoms with van der Waals surface area (Å²) >= 11 is 1.28. The molecule has 68 valence electrons. The molecule has 0 fully saturated rings. The Kier molecular flexibility index (Phi) is 2.76. The van der Waals surface area contributed by atoms with Gasteiger partial charge in [0, 0.05) is 6.54 Å². The van der Waals surface area contributed by atoms with Crippen LogP contribution in [0.4, 0.5) is 0 Å². The molecule has 0 saturated carbocycles. The summed E-state index contributed by atoms with van der Waals surface area (Å²) in [5.74, 6) is 0. The predicted molar refractivity (Wildman–Crippen MR) is 48.0 cm³/mol. The minimum Gasteiger partial charge on any atom is -0.392 e. The van der Waals surface area contributed by atoms with Crippen molar-refractivity contribution in [2.45, 2.75) is 25.4 Å². The van der Waals surface area contributed by atoms with Crippen molar-refractivity contribution in [3.63, 3.8) is 0 Å². The van der Waals surface area contributed by atoms with Gasteiger partial charge in [0.1, 0.15) is 11.3 Å². The molecule has 1 rings (SSSR count). The topological polar surface area (TPSA) is 72.0 Å². The Morgan fingerprint density at radius 2 is 2.50 bits per heavy atom. The summed E-state index contributed by atoms with van der Waals surface area (Å²) in [6.45, 7) is 3.98. The molecule has 1 heterocycles. The highest BCUT2D eigenvalue weighted by Crippen LogP contribution is 2.26. The Morgan fingerprint density at radius 3 is 2.83 bits per heavy atom. The summed E-state index contributed by atoms with van der Waals surface area (Å²) in [5, 5.41) is 10.3. The minimum absolute atomic E-state index is 0.375. The summed E-state index contributed by atoms with van der Waals surface area (Å²) in [5.41, 5.74) is 5.12. The Morgan fingerprint density at radius 1 is 1.83 bits per heavy atom. The molecule has 0 aliphatic heterocycles. The maximum absolute atomic E-state index is 9.50. The maximum atomic E-state index is 9.50. The van der Waals surface area contributed by atoms with Crippen LogP contribution in [-0.4, -0.2) is 27.1 Å². The van der Waals surface area contributed by atoms with Crippen molar-refractivity contribution in [2.75, 3.05) is 6.54 Å². The van der Waals surface area contributed by atoms with Crippen LogP contribution in [0.15, 0.2) is 6.33 Å². The normalized spacial score (nSPS) is 18.7. The van der Waals surface area contributed by atoms with Gasteiger partial charge in [-0.05, 0) is 25.4 Å². The summed E-state index contributed by atoms with van der Waals surface area (Å²) in [6.07, 6.45) is 0.978. The van der Waals surface area contributed by atoms with Crippen LogP contribution in [0.2, 0.25) is 0 Å². The first kappa shape index (κ1) is 9.57. The van der Waals surface area contributed by atoms with Crippen LogP contribution in [0.3, 0.4) is 0 Å². The molecule has 0 radical (unpaired) electrons. The maximum Gasteiger partial charge on any atom is 0.129 e. The summed E-state index contributed by atoms with van der Waals surface area (Å²) in [6, 6.07) is 0. The zero-order valence-electron chi connectivity index (χ0n) is 7.19. The Bertz CT molecular complexity index is 237. The summed E-state index contributed by atoms with van der Waals surface area (Å²) in [4.78, 5) is 4.05. The quantitative estimate of drug-likeness (QED) is 0.706. The van der Waals surface area contributed by atoms with Crippen LogP contribution in [0.1, 0.15) is 18.9 Å². The largest absolute Gasteiger partial charge is 0.392 e. The highest BCUT2D eigenvalue weighted by molar-refractivity contribution is 7.05. The zero-order chi connectivity index (χ0) is 9.19. The van der Waals surface area contributed by atoms with Crippen LogP contribution in [0, 0.1) is 0 Å². The van der Waals surface area contributed by atoms with Crippen molar-refractivity contribution in [3.8, 4) is 0 Å². The lowest BCUT2D eigenvalue weighted by atomic mass is 9.86. The third-order valence-electron chi connectivity index (χ3n) is 2.20. The highest BCUT2D eigenvalue weighted by Gasteiger charge is 2.33. The van der Waals surface area contributed by atoms with Crippen molar-refractivity contribution in [1.29, 1.82) is 0 Å². The molecule has 0 bridgehead atoms. The molecular weight excluding hydrogens is 174 g/mol. The van der Waals surface area contributed by atoms with Crippen molar-refractivity contribution in [2.24, 2.45) is 5.73 Å². The zero-order valence-corrected chi connectivity index (χ0v) is 8.01. The average molecular weight is 187 g/mol. The lowest BCUT2D eigenvalue weighted by Crippen LogP contribution is -2.41. The van der Waals surface area contributed by atoms with Crippen LogP contribution in [0.5, 0.6) is 0 Å². The van der Waals surface area contributed by atoms with Gasteiger partial charge >= 0.3 is 0 Å². The third kappa shape index (κ3) is 1.48. The second-order valence-corrected chi connectivity index (χ2v) is 3.82. The SMILES string of the molecule is CC(O)C(C)(CN)c1ncns1. The molecular formula is C7H13N3OS. The van der Waals surface area contributed by atoms with Gasteiger partial charge in [-0.1, -0.05) is 0 Å². The van der Waals surface area contributed by atoms with Crippen molar-refractivity contribution < 1.29 is 5.11 Å². The van der Waals surface area contributed by atoms with Crippen LogP contribution < -0.4 is 5.73 Å². The van der Waals surface area contributed by atoms with E-state index in [-0.39, 0.29) is 0 Å². The van der Waals surface area contributed by atoms with E-state index in [0.29, 0.717) is 6.54 Å². The molecule has 0 aliphatic carbocycles. The standard InChI is InChI=1S/C7H13N3OS/c1-5(11)7(2,3-8)6-9-4-10-12-6/h4-5,11H,3,8H2,1-2H3. The van der Waals surface area contributed by atoms with Gasteiger partial charge in [-0.15, -0.1) is 0 Å². The predicted octanol–water partition coefficient (Wildman–Crippen LogP) is 0.135. The van der Waals surface area contributed by atoms with Crippen molar-refractivity contribution >= 4 is 11.5 Å². The molecule has 4 nitrogen and oxygen atoms in total. The monoisotopic (exact) mass is 187 g/mol. The lowest BCUT2D eigenvalue weighted by molar-refractivity contribution is 0.111. The number of nitrogens with zero attached hydrogens (tertiary/aromatic N) is 2. The first-order valence-electron chi connectivity index (χ1n) is 3.76. The van der Waals surface area contributed by atoms with Gasteiger partial charge in [-0.3, -0.25) is 0 Å². The number of nitrogens with two attached hydrogens (primary N) is 1. The van der Waals surface area contributed by atoms with Gasteiger partial charge in [0.2, 0.25) is 0 Å². The van der Waals surface area contributed by atoms with Crippen LogP contribution >= 0.6 is 11.5 Å². The second kappa shape index (κ2) is 3.47. The molecule has 0 aliphatic rings. The van der Waals surface area contributed by atoms with E-state index in [4.69, 9.17) is 5.73 Å². The van der Waals surface area contributed by atoms with E-state index in [1.165, 1.54) is 17.9 Å². The van der Waals surface area contributed by atoms with E-state index in [9.17, 15) is 5.11 Å². The molecule has 3 N–H and O–H groups in total. The number of hydrogen-bond donors (Lipinski definition) is 2. The fraction of sp³-hybridized carbons (Fsp3) is 0.714. The molecule has 0 saturated heterocycles. The van der Waals surface area contributed by atoms with E-state index in [1.807, 2.05) is 6.92 Å². The van der Waals surface area contributed by atoms with Crippen LogP contribution in [-0.2, 0) is 5.41 Å². The third-order valence-corrected chi connectivity index (χ3v) is 3.14. The van der Waals surface area contributed by atoms with E-state index in [0.717, 1.165) is 5.01 Å². The number of hydrogen-bond acceptors (Lipinski definition) is 5. The molecule has 2 atom stereocenters. The minimum atomic E-state index is -0.504. The Balaban J connectivity index is 2.96. The van der Waals surface area contributed by atoms with Crippen molar-refractivity contribution in [3.05, 3.63) is 11.3 Å². The van der Waals surface area contributed by atoms with E-state index < -0.39 is 11.5 Å². The molecule has 1 aromatic rings. The number of aromatic nitrogens is 2. The fourth-order valence-corrected chi connectivity index (χ4v) is 1.61. The smallest absolute Gasteiger partial charge is 0.129 e. The molecule has 0 aromatic carbocycles. The van der Waals surface area contributed by atoms with Gasteiger partial charge in [-0.2, -0.15) is 4.37 Å². The number of rotatable bonds is 3. The van der Waals surface area contributed by atoms with Crippen LogP contribution in [0.25, 0.3) is 0 Å². The summed E-state index contributed by atoms with van der Waals surface area (Å²) < 4.78 is 3.88. The van der Waals surface area contributed by atoms with E-state index in [1.54, 1.807) is 6.92 Å². The molecule has 1 aromatic heterocycles. The summed E-state index contributed by atoms with van der Waals surface area (Å²) in [7, 11) is 0. The number of aliphatic hydroxyl groups excluding tert-OH is 1. The van der Waals surface area contributed by atoms with Gasteiger partial charge < -0.3 is 10.8 Å². The van der Waals surface area contributed by atoms with E-state index in [2.05, 4.69) is 9.36 Å². The van der Waals surface area contributed by atoms with E-state index >= 15 is 0 Å². The number of aliphatic hydroxyl groups is 1. The Labute approximate surface area is 75.6 Å². The average Bonchev–Trinajstić information content (AvgIpc) is 2.54. The van der Waals surface area contributed by atoms with Crippen molar-refractivity contribution in [1.82, 2.24) is 9.36 Å². The highest BCUT2D eigenvalue weighted by atomic mass is 32.1. The first-order chi connectivity index (χ1) is 5.61.